The number of hydrazine groups is 1. The van der Waals surface area contributed by atoms with E-state index in [0.717, 1.165) is 29.9 Å². The molecule has 2 heterocycles. The van der Waals surface area contributed by atoms with E-state index in [1.54, 1.807) is 24.5 Å². The van der Waals surface area contributed by atoms with Gasteiger partial charge in [-0.3, -0.25) is 30.0 Å². The van der Waals surface area contributed by atoms with Crippen molar-refractivity contribution in [2.24, 2.45) is 0 Å². The minimum Gasteiger partial charge on any atom is -0.372 e. The lowest BCUT2D eigenvalue weighted by molar-refractivity contribution is -0.119. The van der Waals surface area contributed by atoms with E-state index in [-0.39, 0.29) is 17.6 Å². The Kier molecular flexibility index (Phi) is 8.88. The van der Waals surface area contributed by atoms with Crippen LogP contribution in [0.3, 0.4) is 0 Å². The molecular formula is C27H29N7O2S. The van der Waals surface area contributed by atoms with Crippen LogP contribution in [0.25, 0.3) is 11.4 Å². The molecule has 0 atom stereocenters. The fourth-order valence-corrected chi connectivity index (χ4v) is 4.53. The highest BCUT2D eigenvalue weighted by molar-refractivity contribution is 7.99. The molecule has 0 spiro atoms. The number of nitrogens with one attached hydrogen (secondary N) is 2. The zero-order valence-electron chi connectivity index (χ0n) is 20.8. The van der Waals surface area contributed by atoms with E-state index in [1.165, 1.54) is 11.8 Å². The van der Waals surface area contributed by atoms with Gasteiger partial charge in [-0.15, -0.1) is 10.2 Å². The van der Waals surface area contributed by atoms with E-state index in [4.69, 9.17) is 0 Å². The summed E-state index contributed by atoms with van der Waals surface area (Å²) in [6.45, 7) is 6.49. The van der Waals surface area contributed by atoms with Crippen molar-refractivity contribution in [1.29, 1.82) is 0 Å². The molecule has 0 aliphatic carbocycles. The van der Waals surface area contributed by atoms with E-state index in [9.17, 15) is 9.59 Å². The van der Waals surface area contributed by atoms with Gasteiger partial charge in [0.2, 0.25) is 5.91 Å². The molecule has 0 fully saturated rings. The second kappa shape index (κ2) is 12.7. The molecule has 4 aromatic rings. The molecule has 2 N–H and O–H groups in total. The standard InChI is InChI=1S/C27H29N7O2S/c1-3-33(4-2)23-14-12-21(13-15-23)26(36)31-29-24(35)19-37-27-32-30-25(22-11-8-16-28-17-22)34(27)18-20-9-6-5-7-10-20/h5-17H,3-4,18-19H2,1-2H3,(H,29,35)(H,31,36). The number of hydrogen-bond acceptors (Lipinski definition) is 7. The molecule has 0 aliphatic rings. The maximum absolute atomic E-state index is 12.5. The maximum Gasteiger partial charge on any atom is 0.269 e. The van der Waals surface area contributed by atoms with Gasteiger partial charge in [-0.2, -0.15) is 0 Å². The minimum absolute atomic E-state index is 0.0567. The molecule has 0 saturated carbocycles. The van der Waals surface area contributed by atoms with Crippen LogP contribution in [0.1, 0.15) is 29.8 Å². The highest BCUT2D eigenvalue weighted by Crippen LogP contribution is 2.24. The smallest absolute Gasteiger partial charge is 0.269 e. The normalized spacial score (nSPS) is 10.6. The third-order valence-corrected chi connectivity index (χ3v) is 6.69. The van der Waals surface area contributed by atoms with Crippen LogP contribution in [0.5, 0.6) is 0 Å². The Bertz CT molecular complexity index is 1310. The van der Waals surface area contributed by atoms with Crippen molar-refractivity contribution >= 4 is 29.3 Å². The summed E-state index contributed by atoms with van der Waals surface area (Å²) in [5, 5.41) is 9.26. The predicted octanol–water partition coefficient (Wildman–Crippen LogP) is 3.79. The van der Waals surface area contributed by atoms with Crippen LogP contribution >= 0.6 is 11.8 Å². The highest BCUT2D eigenvalue weighted by atomic mass is 32.2. The first-order valence-corrected chi connectivity index (χ1v) is 13.0. The molecule has 0 bridgehead atoms. The van der Waals surface area contributed by atoms with Gasteiger partial charge in [-0.1, -0.05) is 42.1 Å². The third-order valence-electron chi connectivity index (χ3n) is 5.73. The molecule has 0 unspecified atom stereocenters. The number of carbonyl (C=O) groups excluding carboxylic acids is 2. The van der Waals surface area contributed by atoms with Gasteiger partial charge in [-0.05, 0) is 55.8 Å². The van der Waals surface area contributed by atoms with Crippen LogP contribution < -0.4 is 15.8 Å². The van der Waals surface area contributed by atoms with Crippen molar-refractivity contribution in [3.63, 3.8) is 0 Å². The molecule has 0 radical (unpaired) electrons. The molecule has 9 nitrogen and oxygen atoms in total. The Hall–Kier alpha value is -4.18. The van der Waals surface area contributed by atoms with Crippen molar-refractivity contribution in [2.45, 2.75) is 25.5 Å². The zero-order valence-corrected chi connectivity index (χ0v) is 21.6. The van der Waals surface area contributed by atoms with Crippen molar-refractivity contribution < 1.29 is 9.59 Å². The molecule has 0 saturated heterocycles. The molecule has 2 aromatic carbocycles. The second-order valence-corrected chi connectivity index (χ2v) is 9.07. The number of carbonyl (C=O) groups is 2. The number of pyridine rings is 1. The summed E-state index contributed by atoms with van der Waals surface area (Å²) in [6, 6.07) is 21.0. The summed E-state index contributed by atoms with van der Waals surface area (Å²) in [5.41, 5.74) is 8.39. The number of rotatable bonds is 10. The van der Waals surface area contributed by atoms with Gasteiger partial charge >= 0.3 is 0 Å². The molecule has 37 heavy (non-hydrogen) atoms. The van der Waals surface area contributed by atoms with Crippen molar-refractivity contribution in [3.8, 4) is 11.4 Å². The first kappa shape index (κ1) is 25.9. The van der Waals surface area contributed by atoms with Crippen LogP contribution in [0.4, 0.5) is 5.69 Å². The van der Waals surface area contributed by atoms with E-state index >= 15 is 0 Å². The summed E-state index contributed by atoms with van der Waals surface area (Å²) >= 11 is 1.25. The van der Waals surface area contributed by atoms with E-state index in [1.807, 2.05) is 59.2 Å². The summed E-state index contributed by atoms with van der Waals surface area (Å²) < 4.78 is 1.96. The van der Waals surface area contributed by atoms with Gasteiger partial charge in [0.15, 0.2) is 11.0 Å². The number of thioether (sulfide) groups is 1. The lowest BCUT2D eigenvalue weighted by Gasteiger charge is -2.21. The number of anilines is 1. The number of nitrogens with zero attached hydrogens (tertiary/aromatic N) is 5. The van der Waals surface area contributed by atoms with E-state index in [0.29, 0.717) is 23.1 Å². The van der Waals surface area contributed by atoms with Gasteiger partial charge in [0, 0.05) is 42.3 Å². The highest BCUT2D eigenvalue weighted by Gasteiger charge is 2.17. The Morgan fingerprint density at radius 1 is 0.919 bits per heavy atom. The SMILES string of the molecule is CCN(CC)c1ccc(C(=O)NNC(=O)CSc2nnc(-c3cccnc3)n2Cc2ccccc2)cc1. The summed E-state index contributed by atoms with van der Waals surface area (Å²) in [4.78, 5) is 31.4. The number of benzene rings is 2. The van der Waals surface area contributed by atoms with Crippen LogP contribution in [0, 0.1) is 0 Å². The van der Waals surface area contributed by atoms with Crippen molar-refractivity contribution in [2.75, 3.05) is 23.7 Å². The molecule has 4 rings (SSSR count). The van der Waals surface area contributed by atoms with Crippen LogP contribution in [-0.2, 0) is 11.3 Å². The minimum atomic E-state index is -0.379. The molecule has 2 amide bonds. The van der Waals surface area contributed by atoms with Crippen LogP contribution in [0.15, 0.2) is 84.3 Å². The topological polar surface area (TPSA) is 105 Å². The van der Waals surface area contributed by atoms with Crippen molar-refractivity contribution in [1.82, 2.24) is 30.6 Å². The molecule has 0 aliphatic heterocycles. The quantitative estimate of drug-likeness (QED) is 0.245. The molecule has 190 valence electrons. The van der Waals surface area contributed by atoms with E-state index in [2.05, 4.69) is 44.8 Å². The fourth-order valence-electron chi connectivity index (χ4n) is 3.79. The monoisotopic (exact) mass is 515 g/mol. The summed E-state index contributed by atoms with van der Waals surface area (Å²) in [5.74, 6) is -0.00611. The molecular weight excluding hydrogens is 486 g/mol. The van der Waals surface area contributed by atoms with Crippen molar-refractivity contribution in [3.05, 3.63) is 90.3 Å². The van der Waals surface area contributed by atoms with Gasteiger partial charge in [0.1, 0.15) is 0 Å². The number of hydrogen-bond donors (Lipinski definition) is 2. The maximum atomic E-state index is 12.5. The van der Waals surface area contributed by atoms with Gasteiger partial charge in [-0.25, -0.2) is 0 Å². The average Bonchev–Trinajstić information content (AvgIpc) is 3.34. The predicted molar refractivity (Wildman–Crippen MR) is 145 cm³/mol. The van der Waals surface area contributed by atoms with Gasteiger partial charge in [0.05, 0.1) is 12.3 Å². The number of amides is 2. The fraction of sp³-hybridized carbons (Fsp3) is 0.222. The summed E-state index contributed by atoms with van der Waals surface area (Å²) in [7, 11) is 0. The largest absolute Gasteiger partial charge is 0.372 e. The first-order chi connectivity index (χ1) is 18.1. The second-order valence-electron chi connectivity index (χ2n) is 8.13. The zero-order chi connectivity index (χ0) is 26.0. The summed E-state index contributed by atoms with van der Waals surface area (Å²) in [6.07, 6.45) is 3.44. The Morgan fingerprint density at radius 3 is 2.35 bits per heavy atom. The Balaban J connectivity index is 1.37. The first-order valence-electron chi connectivity index (χ1n) is 12.0. The Morgan fingerprint density at radius 2 is 1.68 bits per heavy atom. The van der Waals surface area contributed by atoms with Crippen LogP contribution in [0.2, 0.25) is 0 Å². The number of aromatic nitrogens is 4. The van der Waals surface area contributed by atoms with Crippen LogP contribution in [-0.4, -0.2) is 50.4 Å². The third kappa shape index (κ3) is 6.73. The van der Waals surface area contributed by atoms with Gasteiger partial charge in [0.25, 0.3) is 5.91 Å². The lowest BCUT2D eigenvalue weighted by atomic mass is 10.2. The Labute approximate surface area is 220 Å². The average molecular weight is 516 g/mol. The van der Waals surface area contributed by atoms with E-state index < -0.39 is 0 Å². The molecule has 10 heteroatoms. The molecule has 2 aromatic heterocycles. The van der Waals surface area contributed by atoms with Gasteiger partial charge < -0.3 is 4.90 Å². The lowest BCUT2D eigenvalue weighted by Crippen LogP contribution is -2.42.